The van der Waals surface area contributed by atoms with Crippen LogP contribution in [-0.2, 0) is 26.0 Å². The molecule has 122 valence electrons. The Morgan fingerprint density at radius 3 is 2.38 bits per heavy atom. The SMILES string of the molecule is CCNCc1cc(S(=O)(=O)N(CCOC)CCOC)c[nH]1. The number of ether oxygens (including phenoxy) is 2. The van der Waals surface area contributed by atoms with E-state index >= 15 is 0 Å². The maximum absolute atomic E-state index is 12.6. The summed E-state index contributed by atoms with van der Waals surface area (Å²) >= 11 is 0. The van der Waals surface area contributed by atoms with E-state index in [1.54, 1.807) is 20.3 Å². The van der Waals surface area contributed by atoms with Gasteiger partial charge in [-0.15, -0.1) is 0 Å². The largest absolute Gasteiger partial charge is 0.383 e. The molecule has 1 aromatic rings. The predicted molar refractivity (Wildman–Crippen MR) is 80.7 cm³/mol. The van der Waals surface area contributed by atoms with Crippen molar-refractivity contribution >= 4 is 10.0 Å². The molecule has 0 aliphatic carbocycles. The molecular formula is C13H25N3O4S. The summed E-state index contributed by atoms with van der Waals surface area (Å²) in [5, 5.41) is 3.15. The van der Waals surface area contributed by atoms with Gasteiger partial charge in [-0.1, -0.05) is 6.92 Å². The molecule has 0 saturated carbocycles. The van der Waals surface area contributed by atoms with Crippen LogP contribution in [0.1, 0.15) is 12.6 Å². The zero-order valence-electron chi connectivity index (χ0n) is 12.9. The summed E-state index contributed by atoms with van der Waals surface area (Å²) in [5.41, 5.74) is 0.842. The van der Waals surface area contributed by atoms with Gasteiger partial charge in [0, 0.05) is 45.7 Å². The maximum Gasteiger partial charge on any atom is 0.244 e. The van der Waals surface area contributed by atoms with Crippen molar-refractivity contribution in [3.63, 3.8) is 0 Å². The van der Waals surface area contributed by atoms with E-state index in [0.29, 0.717) is 32.8 Å². The fourth-order valence-corrected chi connectivity index (χ4v) is 3.24. The molecule has 0 bridgehead atoms. The number of hydrogen-bond donors (Lipinski definition) is 2. The number of methoxy groups -OCH3 is 2. The lowest BCUT2D eigenvalue weighted by Gasteiger charge is -2.20. The summed E-state index contributed by atoms with van der Waals surface area (Å²) in [6, 6.07) is 1.66. The number of H-pyrrole nitrogens is 1. The van der Waals surface area contributed by atoms with Crippen LogP contribution in [0, 0.1) is 0 Å². The van der Waals surface area contributed by atoms with Crippen molar-refractivity contribution < 1.29 is 17.9 Å². The highest BCUT2D eigenvalue weighted by molar-refractivity contribution is 7.89. The lowest BCUT2D eigenvalue weighted by Crippen LogP contribution is -2.36. The second-order valence-electron chi connectivity index (χ2n) is 4.53. The van der Waals surface area contributed by atoms with Crippen molar-refractivity contribution in [3.8, 4) is 0 Å². The quantitative estimate of drug-likeness (QED) is 0.617. The first kappa shape index (κ1) is 18.1. The Bertz CT molecular complexity index is 493. The van der Waals surface area contributed by atoms with Gasteiger partial charge in [-0.3, -0.25) is 0 Å². The lowest BCUT2D eigenvalue weighted by atomic mass is 10.4. The summed E-state index contributed by atoms with van der Waals surface area (Å²) in [4.78, 5) is 3.25. The predicted octanol–water partition coefficient (Wildman–Crippen LogP) is 0.408. The normalized spacial score (nSPS) is 12.2. The van der Waals surface area contributed by atoms with Gasteiger partial charge in [0.15, 0.2) is 0 Å². The number of aromatic amines is 1. The number of sulfonamides is 1. The van der Waals surface area contributed by atoms with Crippen molar-refractivity contribution in [2.24, 2.45) is 0 Å². The summed E-state index contributed by atoms with van der Waals surface area (Å²) in [6.07, 6.45) is 1.52. The average molecular weight is 319 g/mol. The molecule has 1 rings (SSSR count). The average Bonchev–Trinajstić information content (AvgIpc) is 2.94. The number of nitrogens with zero attached hydrogens (tertiary/aromatic N) is 1. The van der Waals surface area contributed by atoms with Gasteiger partial charge in [-0.05, 0) is 12.6 Å². The summed E-state index contributed by atoms with van der Waals surface area (Å²) in [6.45, 7) is 4.73. The second kappa shape index (κ2) is 9.16. The molecule has 7 nitrogen and oxygen atoms in total. The van der Waals surface area contributed by atoms with E-state index in [1.807, 2.05) is 6.92 Å². The van der Waals surface area contributed by atoms with Crippen LogP contribution in [0.25, 0.3) is 0 Å². The fraction of sp³-hybridized carbons (Fsp3) is 0.692. The van der Waals surface area contributed by atoms with Crippen molar-refractivity contribution in [3.05, 3.63) is 18.0 Å². The van der Waals surface area contributed by atoms with Gasteiger partial charge in [0.25, 0.3) is 0 Å². The first-order chi connectivity index (χ1) is 10.1. The molecule has 0 unspecified atom stereocenters. The van der Waals surface area contributed by atoms with Gasteiger partial charge in [0.05, 0.1) is 18.1 Å². The maximum atomic E-state index is 12.6. The van der Waals surface area contributed by atoms with Gasteiger partial charge in [-0.2, -0.15) is 4.31 Å². The number of hydrogen-bond acceptors (Lipinski definition) is 5. The minimum Gasteiger partial charge on any atom is -0.383 e. The topological polar surface area (TPSA) is 83.7 Å². The van der Waals surface area contributed by atoms with Crippen LogP contribution >= 0.6 is 0 Å². The Balaban J connectivity index is 2.85. The third kappa shape index (κ3) is 5.40. The highest BCUT2D eigenvalue weighted by Crippen LogP contribution is 2.16. The van der Waals surface area contributed by atoms with Gasteiger partial charge >= 0.3 is 0 Å². The molecule has 2 N–H and O–H groups in total. The van der Waals surface area contributed by atoms with Crippen LogP contribution in [-0.4, -0.2) is 64.8 Å². The van der Waals surface area contributed by atoms with Gasteiger partial charge in [0.1, 0.15) is 0 Å². The van der Waals surface area contributed by atoms with Crippen molar-refractivity contribution in [1.82, 2.24) is 14.6 Å². The monoisotopic (exact) mass is 319 g/mol. The smallest absolute Gasteiger partial charge is 0.244 e. The summed E-state index contributed by atoms with van der Waals surface area (Å²) in [5.74, 6) is 0. The highest BCUT2D eigenvalue weighted by Gasteiger charge is 2.25. The zero-order valence-corrected chi connectivity index (χ0v) is 13.7. The number of nitrogens with one attached hydrogen (secondary N) is 2. The summed E-state index contributed by atoms with van der Waals surface area (Å²) < 4.78 is 36.5. The second-order valence-corrected chi connectivity index (χ2v) is 6.47. The van der Waals surface area contributed by atoms with Crippen LogP contribution in [0.5, 0.6) is 0 Å². The molecule has 0 aliphatic rings. The summed E-state index contributed by atoms with van der Waals surface area (Å²) in [7, 11) is -0.440. The number of aromatic nitrogens is 1. The van der Waals surface area contributed by atoms with Gasteiger partial charge in [-0.25, -0.2) is 8.42 Å². The molecule has 8 heteroatoms. The molecule has 0 aromatic carbocycles. The van der Waals surface area contributed by atoms with E-state index in [9.17, 15) is 8.42 Å². The van der Waals surface area contributed by atoms with Crippen LogP contribution in [0.3, 0.4) is 0 Å². The third-order valence-corrected chi connectivity index (χ3v) is 4.89. The molecule has 0 aliphatic heterocycles. The van der Waals surface area contributed by atoms with Crippen molar-refractivity contribution in [1.29, 1.82) is 0 Å². The Hall–Kier alpha value is -0.930. The number of rotatable bonds is 11. The van der Waals surface area contributed by atoms with E-state index in [2.05, 4.69) is 10.3 Å². The fourth-order valence-electron chi connectivity index (χ4n) is 1.82. The van der Waals surface area contributed by atoms with Crippen molar-refractivity contribution in [2.75, 3.05) is 47.1 Å². The van der Waals surface area contributed by atoms with Crippen LogP contribution < -0.4 is 5.32 Å². The lowest BCUT2D eigenvalue weighted by molar-refractivity contribution is 0.150. The first-order valence-corrected chi connectivity index (χ1v) is 8.36. The molecule has 0 saturated heterocycles. The van der Waals surface area contributed by atoms with Crippen LogP contribution in [0.15, 0.2) is 17.2 Å². The molecule has 1 aromatic heterocycles. The highest BCUT2D eigenvalue weighted by atomic mass is 32.2. The molecule has 1 heterocycles. The Morgan fingerprint density at radius 1 is 1.24 bits per heavy atom. The van der Waals surface area contributed by atoms with Gasteiger partial charge in [0.2, 0.25) is 10.0 Å². The van der Waals surface area contributed by atoms with E-state index in [1.165, 1.54) is 10.5 Å². The van der Waals surface area contributed by atoms with Crippen LogP contribution in [0.4, 0.5) is 0 Å². The van der Waals surface area contributed by atoms with Crippen LogP contribution in [0.2, 0.25) is 0 Å². The van der Waals surface area contributed by atoms with E-state index in [4.69, 9.17) is 9.47 Å². The zero-order chi connectivity index (χ0) is 15.7. The third-order valence-electron chi connectivity index (χ3n) is 3.01. The standard InChI is InChI=1S/C13H25N3O4S/c1-4-14-10-12-9-13(11-15-12)21(17,18)16(5-7-19-2)6-8-20-3/h9,11,14-15H,4-8,10H2,1-3H3. The molecule has 21 heavy (non-hydrogen) atoms. The van der Waals surface area contributed by atoms with E-state index in [0.717, 1.165) is 12.2 Å². The molecular weight excluding hydrogens is 294 g/mol. The van der Waals surface area contributed by atoms with E-state index < -0.39 is 10.0 Å². The Labute approximate surface area is 126 Å². The Kier molecular flexibility index (Phi) is 7.91. The Morgan fingerprint density at radius 2 is 1.86 bits per heavy atom. The van der Waals surface area contributed by atoms with Crippen molar-refractivity contribution in [2.45, 2.75) is 18.4 Å². The minimum absolute atomic E-state index is 0.266. The first-order valence-electron chi connectivity index (χ1n) is 6.92. The molecule has 0 amide bonds. The molecule has 0 spiro atoms. The minimum atomic E-state index is -3.54. The molecule has 0 fully saturated rings. The van der Waals surface area contributed by atoms with E-state index in [-0.39, 0.29) is 4.90 Å². The van der Waals surface area contributed by atoms with Gasteiger partial charge < -0.3 is 19.8 Å². The molecule has 0 radical (unpaired) electrons. The molecule has 0 atom stereocenters.